The average molecular weight is 249 g/mol. The minimum absolute atomic E-state index is 0.100. The van der Waals surface area contributed by atoms with E-state index in [2.05, 4.69) is 0 Å². The van der Waals surface area contributed by atoms with Crippen LogP contribution in [0.2, 0.25) is 0 Å². The lowest BCUT2D eigenvalue weighted by Gasteiger charge is -1.99. The highest BCUT2D eigenvalue weighted by atomic mass is 16.6. The van der Waals surface area contributed by atoms with E-state index in [1.807, 2.05) is 0 Å². The molecule has 0 saturated carbocycles. The molecule has 0 N–H and O–H groups in total. The van der Waals surface area contributed by atoms with Gasteiger partial charge in [0.05, 0.1) is 11.5 Å². The second-order valence-corrected chi connectivity index (χ2v) is 3.66. The van der Waals surface area contributed by atoms with Crippen molar-refractivity contribution in [3.05, 3.63) is 39.6 Å². The van der Waals surface area contributed by atoms with Gasteiger partial charge in [-0.1, -0.05) is 6.07 Å². The standard InChI is InChI=1S/C12H11NO5/c1-3-17-12(14)10-7(2)18-11-8(10)5-4-6-9(11)13(15)16/h4-6H,3H2,1-2H3. The molecular weight excluding hydrogens is 238 g/mol. The van der Waals surface area contributed by atoms with Gasteiger partial charge < -0.3 is 9.15 Å². The monoisotopic (exact) mass is 249 g/mol. The summed E-state index contributed by atoms with van der Waals surface area (Å²) < 4.78 is 10.2. The molecule has 0 aliphatic heterocycles. The number of nitrogens with zero attached hydrogens (tertiary/aromatic N) is 1. The molecule has 2 aromatic rings. The van der Waals surface area contributed by atoms with Crippen LogP contribution < -0.4 is 0 Å². The van der Waals surface area contributed by atoms with Crippen molar-refractivity contribution in [3.63, 3.8) is 0 Å². The zero-order valence-corrected chi connectivity index (χ0v) is 9.93. The van der Waals surface area contributed by atoms with E-state index >= 15 is 0 Å². The number of para-hydroxylation sites is 1. The molecule has 0 amide bonds. The van der Waals surface area contributed by atoms with E-state index in [4.69, 9.17) is 9.15 Å². The van der Waals surface area contributed by atoms with Crippen molar-refractivity contribution in [2.75, 3.05) is 6.61 Å². The number of hydrogen-bond donors (Lipinski definition) is 0. The molecule has 0 radical (unpaired) electrons. The van der Waals surface area contributed by atoms with Crippen LogP contribution in [0.3, 0.4) is 0 Å². The molecule has 0 unspecified atom stereocenters. The van der Waals surface area contributed by atoms with Crippen LogP contribution in [-0.4, -0.2) is 17.5 Å². The molecule has 1 aromatic heterocycles. The molecule has 18 heavy (non-hydrogen) atoms. The van der Waals surface area contributed by atoms with E-state index in [9.17, 15) is 14.9 Å². The third-order valence-electron chi connectivity index (χ3n) is 2.55. The number of hydrogen-bond acceptors (Lipinski definition) is 5. The number of nitro groups is 1. The molecule has 0 saturated heterocycles. The van der Waals surface area contributed by atoms with Gasteiger partial charge in [-0.25, -0.2) is 4.79 Å². The molecule has 0 spiro atoms. The topological polar surface area (TPSA) is 82.6 Å². The number of nitro benzene ring substituents is 1. The summed E-state index contributed by atoms with van der Waals surface area (Å²) in [7, 11) is 0. The van der Waals surface area contributed by atoms with Crippen molar-refractivity contribution in [2.45, 2.75) is 13.8 Å². The van der Waals surface area contributed by atoms with Crippen LogP contribution in [-0.2, 0) is 4.74 Å². The fourth-order valence-corrected chi connectivity index (χ4v) is 1.82. The number of fused-ring (bicyclic) bond motifs is 1. The molecule has 0 aliphatic rings. The lowest BCUT2D eigenvalue weighted by atomic mass is 10.1. The zero-order chi connectivity index (χ0) is 13.3. The number of benzene rings is 1. The number of aryl methyl sites for hydroxylation is 1. The fourth-order valence-electron chi connectivity index (χ4n) is 1.82. The maximum absolute atomic E-state index is 11.8. The molecular formula is C12H11NO5. The summed E-state index contributed by atoms with van der Waals surface area (Å²) in [5.41, 5.74) is 0.185. The largest absolute Gasteiger partial charge is 0.462 e. The van der Waals surface area contributed by atoms with E-state index in [1.165, 1.54) is 12.1 Å². The Morgan fingerprint density at radius 3 is 2.83 bits per heavy atom. The molecule has 0 bridgehead atoms. The first-order valence-electron chi connectivity index (χ1n) is 5.40. The van der Waals surface area contributed by atoms with Crippen LogP contribution >= 0.6 is 0 Å². The molecule has 0 fully saturated rings. The number of carbonyl (C=O) groups excluding carboxylic acids is 1. The number of ether oxygens (including phenoxy) is 1. The Labute approximate surface area is 102 Å². The lowest BCUT2D eigenvalue weighted by molar-refractivity contribution is -0.383. The second kappa shape index (κ2) is 4.48. The van der Waals surface area contributed by atoms with Crippen LogP contribution in [0.15, 0.2) is 22.6 Å². The van der Waals surface area contributed by atoms with Gasteiger partial charge in [0.25, 0.3) is 0 Å². The summed E-state index contributed by atoms with van der Waals surface area (Å²) in [5.74, 6) is -0.216. The summed E-state index contributed by atoms with van der Waals surface area (Å²) in [4.78, 5) is 22.1. The van der Waals surface area contributed by atoms with Crippen LogP contribution in [0.4, 0.5) is 5.69 Å². The van der Waals surface area contributed by atoms with Crippen molar-refractivity contribution >= 4 is 22.6 Å². The van der Waals surface area contributed by atoms with Crippen molar-refractivity contribution in [2.24, 2.45) is 0 Å². The normalized spacial score (nSPS) is 10.6. The maximum atomic E-state index is 11.8. The smallest absolute Gasteiger partial charge is 0.342 e. The second-order valence-electron chi connectivity index (χ2n) is 3.66. The number of esters is 1. The first-order chi connectivity index (χ1) is 8.56. The predicted molar refractivity (Wildman–Crippen MR) is 63.6 cm³/mol. The van der Waals surface area contributed by atoms with Crippen molar-refractivity contribution in [3.8, 4) is 0 Å². The van der Waals surface area contributed by atoms with E-state index in [0.717, 1.165) is 0 Å². The lowest BCUT2D eigenvalue weighted by Crippen LogP contribution is -2.05. The van der Waals surface area contributed by atoms with Gasteiger partial charge in [0.2, 0.25) is 5.58 Å². The summed E-state index contributed by atoms with van der Waals surface area (Å²) in [6.07, 6.45) is 0. The van der Waals surface area contributed by atoms with Gasteiger partial charge in [-0.15, -0.1) is 0 Å². The maximum Gasteiger partial charge on any atom is 0.342 e. The Hall–Kier alpha value is -2.37. The molecule has 0 atom stereocenters. The molecule has 1 aromatic carbocycles. The Kier molecular flexibility index (Phi) is 3.01. The first kappa shape index (κ1) is 12.1. The summed E-state index contributed by atoms with van der Waals surface area (Å²) in [6, 6.07) is 4.45. The minimum Gasteiger partial charge on any atom is -0.462 e. The van der Waals surface area contributed by atoms with E-state index < -0.39 is 10.9 Å². The summed E-state index contributed by atoms with van der Waals surface area (Å²) in [6.45, 7) is 3.51. The van der Waals surface area contributed by atoms with Crippen LogP contribution in [0.5, 0.6) is 0 Å². The van der Waals surface area contributed by atoms with Gasteiger partial charge in [-0.3, -0.25) is 10.1 Å². The van der Waals surface area contributed by atoms with Gasteiger partial charge in [-0.2, -0.15) is 0 Å². The molecule has 6 nitrogen and oxygen atoms in total. The van der Waals surface area contributed by atoms with Gasteiger partial charge in [0.15, 0.2) is 0 Å². The Morgan fingerprint density at radius 2 is 2.22 bits per heavy atom. The zero-order valence-electron chi connectivity index (χ0n) is 9.93. The fraction of sp³-hybridized carbons (Fsp3) is 0.250. The van der Waals surface area contributed by atoms with Crippen LogP contribution in [0.25, 0.3) is 11.0 Å². The van der Waals surface area contributed by atoms with Crippen LogP contribution in [0, 0.1) is 17.0 Å². The Balaban J connectivity index is 2.69. The van der Waals surface area contributed by atoms with Gasteiger partial charge in [-0.05, 0) is 19.9 Å². The molecule has 0 aliphatic carbocycles. The van der Waals surface area contributed by atoms with E-state index in [0.29, 0.717) is 11.1 Å². The number of furan rings is 1. The quantitative estimate of drug-likeness (QED) is 0.474. The van der Waals surface area contributed by atoms with Crippen molar-refractivity contribution in [1.29, 1.82) is 0 Å². The predicted octanol–water partition coefficient (Wildman–Crippen LogP) is 2.83. The molecule has 2 rings (SSSR count). The SMILES string of the molecule is CCOC(=O)c1c(C)oc2c([N+](=O)[O-])cccc12. The van der Waals surface area contributed by atoms with Gasteiger partial charge in [0.1, 0.15) is 11.3 Å². The van der Waals surface area contributed by atoms with E-state index in [1.54, 1.807) is 19.9 Å². The van der Waals surface area contributed by atoms with Crippen molar-refractivity contribution in [1.82, 2.24) is 0 Å². The van der Waals surface area contributed by atoms with Crippen LogP contribution in [0.1, 0.15) is 23.0 Å². The average Bonchev–Trinajstić information content (AvgIpc) is 2.64. The van der Waals surface area contributed by atoms with Crippen molar-refractivity contribution < 1.29 is 18.9 Å². The van der Waals surface area contributed by atoms with E-state index in [-0.39, 0.29) is 23.4 Å². The Bertz CT molecular complexity index is 629. The first-order valence-corrected chi connectivity index (χ1v) is 5.40. The summed E-state index contributed by atoms with van der Waals surface area (Å²) >= 11 is 0. The third-order valence-corrected chi connectivity index (χ3v) is 2.55. The number of rotatable bonds is 3. The highest BCUT2D eigenvalue weighted by Crippen LogP contribution is 2.32. The molecule has 1 heterocycles. The van der Waals surface area contributed by atoms with Gasteiger partial charge >= 0.3 is 11.7 Å². The summed E-state index contributed by atoms with van der Waals surface area (Å²) in [5, 5.41) is 11.3. The number of carbonyl (C=O) groups is 1. The highest BCUT2D eigenvalue weighted by Gasteiger charge is 2.24. The molecule has 6 heteroatoms. The Morgan fingerprint density at radius 1 is 1.50 bits per heavy atom. The number of non-ortho nitro benzene ring substituents is 1. The molecule has 94 valence electrons. The third kappa shape index (κ3) is 1.81. The van der Waals surface area contributed by atoms with Gasteiger partial charge in [0, 0.05) is 11.5 Å². The highest BCUT2D eigenvalue weighted by molar-refractivity contribution is 6.06. The minimum atomic E-state index is -0.541.